The number of H-pyrrole nitrogens is 1. The Morgan fingerprint density at radius 1 is 1.33 bits per heavy atom. The number of aromatic amines is 1. The highest BCUT2D eigenvalue weighted by Crippen LogP contribution is 2.21. The number of imidazole rings is 1. The van der Waals surface area contributed by atoms with E-state index in [2.05, 4.69) is 15.0 Å². The first-order valence-electron chi connectivity index (χ1n) is 4.41. The van der Waals surface area contributed by atoms with Crippen molar-refractivity contribution in [2.75, 3.05) is 0 Å². The van der Waals surface area contributed by atoms with Crippen LogP contribution in [0.4, 0.5) is 13.2 Å². The molecule has 2 aromatic rings. The summed E-state index contributed by atoms with van der Waals surface area (Å²) in [6, 6.07) is 3.40. The molecule has 15 heavy (non-hydrogen) atoms. The summed E-state index contributed by atoms with van der Waals surface area (Å²) in [4.78, 5) is 10.7. The van der Waals surface area contributed by atoms with Gasteiger partial charge < -0.3 is 4.98 Å². The lowest BCUT2D eigenvalue weighted by Gasteiger charge is -2.02. The minimum absolute atomic E-state index is 0.139. The average Bonchev–Trinajstić information content (AvgIpc) is 2.56. The van der Waals surface area contributed by atoms with E-state index in [1.54, 1.807) is 18.3 Å². The first-order valence-corrected chi connectivity index (χ1v) is 4.41. The third-order valence-corrected chi connectivity index (χ3v) is 1.95. The van der Waals surface area contributed by atoms with Crippen molar-refractivity contribution in [2.24, 2.45) is 0 Å². The second kappa shape index (κ2) is 3.52. The normalized spacial score (nSPS) is 12.2. The standard InChI is InChI=1S/C9H8F3N3/c10-9(11,12)4-3-7-14-6-2-1-5-13-8(6)15-7/h1-2,5H,3-4H2,(H,13,14,15). The summed E-state index contributed by atoms with van der Waals surface area (Å²) in [5.74, 6) is 0.320. The van der Waals surface area contributed by atoms with Crippen LogP contribution in [0.15, 0.2) is 18.3 Å². The monoisotopic (exact) mass is 215 g/mol. The number of fused-ring (bicyclic) bond motifs is 1. The van der Waals surface area contributed by atoms with Crippen molar-refractivity contribution in [1.29, 1.82) is 0 Å². The number of rotatable bonds is 2. The third kappa shape index (κ3) is 2.45. The topological polar surface area (TPSA) is 41.6 Å². The van der Waals surface area contributed by atoms with Crippen molar-refractivity contribution in [1.82, 2.24) is 15.0 Å². The predicted molar refractivity (Wildman–Crippen MR) is 48.3 cm³/mol. The Balaban J connectivity index is 2.16. The molecule has 0 amide bonds. The zero-order valence-electron chi connectivity index (χ0n) is 7.67. The number of nitrogens with one attached hydrogen (secondary N) is 1. The van der Waals surface area contributed by atoms with E-state index in [1.807, 2.05) is 0 Å². The van der Waals surface area contributed by atoms with Crippen LogP contribution in [-0.4, -0.2) is 21.1 Å². The maximum Gasteiger partial charge on any atom is 0.389 e. The van der Waals surface area contributed by atoms with Gasteiger partial charge in [-0.1, -0.05) is 0 Å². The maximum atomic E-state index is 11.9. The van der Waals surface area contributed by atoms with E-state index < -0.39 is 12.6 Å². The van der Waals surface area contributed by atoms with Gasteiger partial charge in [-0.05, 0) is 12.1 Å². The lowest BCUT2D eigenvalue weighted by atomic mass is 10.3. The van der Waals surface area contributed by atoms with Crippen molar-refractivity contribution in [2.45, 2.75) is 19.0 Å². The summed E-state index contributed by atoms with van der Waals surface area (Å²) in [5.41, 5.74) is 1.12. The molecule has 3 nitrogen and oxygen atoms in total. The largest absolute Gasteiger partial charge is 0.389 e. The summed E-state index contributed by atoms with van der Waals surface area (Å²) < 4.78 is 35.8. The fourth-order valence-electron chi connectivity index (χ4n) is 1.27. The van der Waals surface area contributed by atoms with Crippen molar-refractivity contribution in [3.8, 4) is 0 Å². The number of pyridine rings is 1. The summed E-state index contributed by atoms with van der Waals surface area (Å²) in [5, 5.41) is 0. The number of alkyl halides is 3. The van der Waals surface area contributed by atoms with E-state index in [9.17, 15) is 13.2 Å². The lowest BCUT2D eigenvalue weighted by Crippen LogP contribution is -2.09. The quantitative estimate of drug-likeness (QED) is 0.835. The van der Waals surface area contributed by atoms with Crippen LogP contribution in [-0.2, 0) is 6.42 Å². The average molecular weight is 215 g/mol. The number of aromatic nitrogens is 3. The number of hydrogen-bond donors (Lipinski definition) is 1. The fourth-order valence-corrected chi connectivity index (χ4v) is 1.27. The molecule has 2 rings (SSSR count). The van der Waals surface area contributed by atoms with Crippen molar-refractivity contribution in [3.63, 3.8) is 0 Å². The highest BCUT2D eigenvalue weighted by molar-refractivity contribution is 5.69. The zero-order valence-corrected chi connectivity index (χ0v) is 7.67. The highest BCUT2D eigenvalue weighted by Gasteiger charge is 2.27. The summed E-state index contributed by atoms with van der Waals surface area (Å²) in [6.07, 6.45) is -3.59. The molecule has 0 fully saturated rings. The minimum Gasteiger partial charge on any atom is -0.327 e. The summed E-state index contributed by atoms with van der Waals surface area (Å²) in [6.45, 7) is 0. The van der Waals surface area contributed by atoms with E-state index >= 15 is 0 Å². The lowest BCUT2D eigenvalue weighted by molar-refractivity contribution is -0.134. The van der Waals surface area contributed by atoms with Gasteiger partial charge in [0.1, 0.15) is 11.3 Å². The van der Waals surface area contributed by atoms with Gasteiger partial charge in [0.15, 0.2) is 5.65 Å². The van der Waals surface area contributed by atoms with Crippen molar-refractivity contribution < 1.29 is 13.2 Å². The van der Waals surface area contributed by atoms with Gasteiger partial charge in [-0.3, -0.25) is 0 Å². The highest BCUT2D eigenvalue weighted by atomic mass is 19.4. The minimum atomic E-state index is -4.15. The third-order valence-electron chi connectivity index (χ3n) is 1.95. The summed E-state index contributed by atoms with van der Waals surface area (Å²) >= 11 is 0. The van der Waals surface area contributed by atoms with E-state index in [0.29, 0.717) is 17.0 Å². The molecule has 0 aromatic carbocycles. The van der Waals surface area contributed by atoms with Crippen LogP contribution in [0, 0.1) is 0 Å². The summed E-state index contributed by atoms with van der Waals surface area (Å²) in [7, 11) is 0. The Labute approximate surface area is 83.4 Å². The van der Waals surface area contributed by atoms with Gasteiger partial charge >= 0.3 is 6.18 Å². The van der Waals surface area contributed by atoms with Crippen LogP contribution in [0.3, 0.4) is 0 Å². The molecule has 0 saturated heterocycles. The van der Waals surface area contributed by atoms with Gasteiger partial charge in [0.25, 0.3) is 0 Å². The zero-order chi connectivity index (χ0) is 10.9. The van der Waals surface area contributed by atoms with Crippen LogP contribution in [0.1, 0.15) is 12.2 Å². The van der Waals surface area contributed by atoms with Gasteiger partial charge in [0, 0.05) is 12.6 Å². The molecule has 80 valence electrons. The van der Waals surface area contributed by atoms with E-state index in [0.717, 1.165) is 0 Å². The maximum absolute atomic E-state index is 11.9. The van der Waals surface area contributed by atoms with Gasteiger partial charge in [-0.2, -0.15) is 13.2 Å². The molecule has 0 saturated carbocycles. The Hall–Kier alpha value is -1.59. The predicted octanol–water partition coefficient (Wildman–Crippen LogP) is 2.45. The van der Waals surface area contributed by atoms with Gasteiger partial charge in [0.05, 0.1) is 6.42 Å². The van der Waals surface area contributed by atoms with Crippen LogP contribution < -0.4 is 0 Å². The number of hydrogen-bond acceptors (Lipinski definition) is 2. The molecular weight excluding hydrogens is 207 g/mol. The van der Waals surface area contributed by atoms with E-state index in [1.165, 1.54) is 0 Å². The van der Waals surface area contributed by atoms with E-state index in [-0.39, 0.29) is 6.42 Å². The van der Waals surface area contributed by atoms with Gasteiger partial charge in [0.2, 0.25) is 0 Å². The number of aryl methyl sites for hydroxylation is 1. The Kier molecular flexibility index (Phi) is 2.34. The molecule has 0 radical (unpaired) electrons. The number of nitrogens with zero attached hydrogens (tertiary/aromatic N) is 2. The smallest absolute Gasteiger partial charge is 0.327 e. The first kappa shape index (κ1) is 9.95. The van der Waals surface area contributed by atoms with Crippen molar-refractivity contribution in [3.05, 3.63) is 24.2 Å². The molecule has 0 unspecified atom stereocenters. The molecule has 0 aliphatic carbocycles. The Bertz CT molecular complexity index is 428. The molecule has 0 aliphatic heterocycles. The van der Waals surface area contributed by atoms with Gasteiger partial charge in [-0.15, -0.1) is 0 Å². The molecule has 0 atom stereocenters. The van der Waals surface area contributed by atoms with Crippen LogP contribution in [0.25, 0.3) is 11.2 Å². The molecule has 6 heteroatoms. The Morgan fingerprint density at radius 3 is 2.80 bits per heavy atom. The molecule has 1 N–H and O–H groups in total. The molecule has 0 spiro atoms. The Morgan fingerprint density at radius 2 is 2.13 bits per heavy atom. The van der Waals surface area contributed by atoms with Gasteiger partial charge in [-0.25, -0.2) is 9.97 Å². The van der Waals surface area contributed by atoms with Crippen LogP contribution in [0.5, 0.6) is 0 Å². The second-order valence-electron chi connectivity index (χ2n) is 3.17. The molecule has 2 heterocycles. The van der Waals surface area contributed by atoms with E-state index in [4.69, 9.17) is 0 Å². The second-order valence-corrected chi connectivity index (χ2v) is 3.17. The molecule has 2 aromatic heterocycles. The molecular formula is C9H8F3N3. The first-order chi connectivity index (χ1) is 7.04. The molecule has 0 aliphatic rings. The number of halogens is 3. The molecule has 0 bridgehead atoms. The van der Waals surface area contributed by atoms with Crippen LogP contribution in [0.2, 0.25) is 0 Å². The van der Waals surface area contributed by atoms with Crippen LogP contribution >= 0.6 is 0 Å². The van der Waals surface area contributed by atoms with Crippen molar-refractivity contribution >= 4 is 11.2 Å². The SMILES string of the molecule is FC(F)(F)CCc1nc2cccnc2[nH]1. The fraction of sp³-hybridized carbons (Fsp3) is 0.333.